The monoisotopic (exact) mass is 336 g/mol. The van der Waals surface area contributed by atoms with Crippen molar-refractivity contribution in [2.24, 2.45) is 5.10 Å². The van der Waals surface area contributed by atoms with Gasteiger partial charge in [-0.15, -0.1) is 11.3 Å². The Bertz CT molecular complexity index is 634. The summed E-state index contributed by atoms with van der Waals surface area (Å²) in [6.45, 7) is 3.78. The van der Waals surface area contributed by atoms with Crippen molar-refractivity contribution >= 4 is 38.9 Å². The van der Waals surface area contributed by atoms with Crippen molar-refractivity contribution in [3.05, 3.63) is 56.2 Å². The molecule has 19 heavy (non-hydrogen) atoms. The molecule has 0 aliphatic carbocycles. The Balaban J connectivity index is 2.10. The molecule has 1 aromatic carbocycles. The number of carbonyl (C=O) groups excluding carboxylic acids is 1. The number of nitrogens with one attached hydrogen (secondary N) is 1. The lowest BCUT2D eigenvalue weighted by molar-refractivity contribution is 0.0954. The number of amides is 1. The summed E-state index contributed by atoms with van der Waals surface area (Å²) < 4.78 is 1.04. The van der Waals surface area contributed by atoms with Crippen LogP contribution in [0.2, 0.25) is 0 Å². The van der Waals surface area contributed by atoms with E-state index in [0.29, 0.717) is 5.56 Å². The van der Waals surface area contributed by atoms with E-state index in [1.54, 1.807) is 17.4 Å². The van der Waals surface area contributed by atoms with Crippen LogP contribution in [-0.2, 0) is 0 Å². The number of thiophene rings is 1. The van der Waals surface area contributed by atoms with Gasteiger partial charge >= 0.3 is 0 Å². The number of benzene rings is 1. The molecule has 2 aromatic rings. The number of hydrogen-bond donors (Lipinski definition) is 1. The maximum Gasteiger partial charge on any atom is 0.271 e. The van der Waals surface area contributed by atoms with Gasteiger partial charge in [0.15, 0.2) is 0 Å². The molecular weight excluding hydrogens is 324 g/mol. The zero-order chi connectivity index (χ0) is 13.8. The van der Waals surface area contributed by atoms with Crippen LogP contribution in [0.1, 0.15) is 27.7 Å². The van der Waals surface area contributed by atoms with Crippen molar-refractivity contribution in [1.29, 1.82) is 0 Å². The first-order valence-electron chi connectivity index (χ1n) is 5.74. The summed E-state index contributed by atoms with van der Waals surface area (Å²) in [6.07, 6.45) is 0. The third kappa shape index (κ3) is 3.52. The van der Waals surface area contributed by atoms with E-state index >= 15 is 0 Å². The lowest BCUT2D eigenvalue weighted by atomic mass is 10.1. The van der Waals surface area contributed by atoms with Gasteiger partial charge in [0.1, 0.15) is 0 Å². The van der Waals surface area contributed by atoms with Crippen LogP contribution in [0.5, 0.6) is 0 Å². The van der Waals surface area contributed by atoms with E-state index in [1.165, 1.54) is 0 Å². The highest BCUT2D eigenvalue weighted by Gasteiger charge is 2.07. The highest BCUT2D eigenvalue weighted by atomic mass is 79.9. The minimum atomic E-state index is -0.187. The highest BCUT2D eigenvalue weighted by Crippen LogP contribution is 2.22. The minimum Gasteiger partial charge on any atom is -0.267 e. The van der Waals surface area contributed by atoms with Crippen LogP contribution in [0.25, 0.3) is 0 Å². The number of carbonyl (C=O) groups is 1. The van der Waals surface area contributed by atoms with Crippen molar-refractivity contribution in [2.75, 3.05) is 0 Å². The second-order valence-electron chi connectivity index (χ2n) is 4.06. The fourth-order valence-electron chi connectivity index (χ4n) is 1.59. The maximum absolute atomic E-state index is 12.0. The molecule has 3 nitrogen and oxygen atoms in total. The largest absolute Gasteiger partial charge is 0.271 e. The lowest BCUT2D eigenvalue weighted by Crippen LogP contribution is -2.20. The van der Waals surface area contributed by atoms with E-state index in [1.807, 2.05) is 44.2 Å². The number of nitrogens with zero attached hydrogens (tertiary/aromatic N) is 1. The summed E-state index contributed by atoms with van der Waals surface area (Å²) in [6, 6.07) is 11.4. The van der Waals surface area contributed by atoms with Crippen LogP contribution in [0.15, 0.2) is 45.3 Å². The van der Waals surface area contributed by atoms with Gasteiger partial charge in [0.2, 0.25) is 0 Å². The Labute approximate surface area is 124 Å². The van der Waals surface area contributed by atoms with E-state index < -0.39 is 0 Å². The molecule has 5 heteroatoms. The summed E-state index contributed by atoms with van der Waals surface area (Å²) in [5.41, 5.74) is 4.96. The third-order valence-electron chi connectivity index (χ3n) is 2.64. The predicted octanol–water partition coefficient (Wildman–Crippen LogP) is 3.97. The van der Waals surface area contributed by atoms with Gasteiger partial charge in [-0.2, -0.15) is 5.10 Å². The summed E-state index contributed by atoms with van der Waals surface area (Å²) in [5.74, 6) is -0.187. The molecule has 0 aliphatic heterocycles. The Morgan fingerprint density at radius 3 is 2.63 bits per heavy atom. The molecule has 0 bridgehead atoms. The SMILES string of the molecule is C/C(=N/NC(=O)c1ccccc1C)c1ccc(Br)s1. The van der Waals surface area contributed by atoms with E-state index in [2.05, 4.69) is 26.5 Å². The van der Waals surface area contributed by atoms with E-state index in [0.717, 1.165) is 19.9 Å². The maximum atomic E-state index is 12.0. The molecule has 98 valence electrons. The van der Waals surface area contributed by atoms with Gasteiger partial charge < -0.3 is 0 Å². The summed E-state index contributed by atoms with van der Waals surface area (Å²) in [4.78, 5) is 13.0. The Morgan fingerprint density at radius 1 is 1.26 bits per heavy atom. The second-order valence-corrected chi connectivity index (χ2v) is 6.52. The third-order valence-corrected chi connectivity index (χ3v) is 4.38. The second kappa shape index (κ2) is 6.12. The van der Waals surface area contributed by atoms with Crippen LogP contribution in [-0.4, -0.2) is 11.6 Å². The first-order chi connectivity index (χ1) is 9.08. The first-order valence-corrected chi connectivity index (χ1v) is 7.35. The summed E-state index contributed by atoms with van der Waals surface area (Å²) in [7, 11) is 0. The fraction of sp³-hybridized carbons (Fsp3) is 0.143. The average Bonchev–Trinajstić information content (AvgIpc) is 2.83. The summed E-state index contributed by atoms with van der Waals surface area (Å²) >= 11 is 4.98. The molecule has 1 amide bonds. The topological polar surface area (TPSA) is 41.5 Å². The molecular formula is C14H13BrN2OS. The van der Waals surface area contributed by atoms with Crippen LogP contribution in [0, 0.1) is 6.92 Å². The standard InChI is InChI=1S/C14H13BrN2OS/c1-9-5-3-4-6-11(9)14(18)17-16-10(2)12-7-8-13(15)19-12/h3-8H,1-2H3,(H,17,18)/b16-10-. The van der Waals surface area contributed by atoms with Gasteiger partial charge in [-0.25, -0.2) is 5.43 Å². The van der Waals surface area contributed by atoms with Crippen LogP contribution >= 0.6 is 27.3 Å². The molecule has 0 saturated carbocycles. The van der Waals surface area contributed by atoms with Gasteiger partial charge in [-0.05, 0) is 53.5 Å². The van der Waals surface area contributed by atoms with Crippen LogP contribution in [0.3, 0.4) is 0 Å². The molecule has 2 rings (SSSR count). The normalized spacial score (nSPS) is 11.4. The molecule has 1 aromatic heterocycles. The van der Waals surface area contributed by atoms with Crippen molar-refractivity contribution in [3.8, 4) is 0 Å². The molecule has 0 spiro atoms. The van der Waals surface area contributed by atoms with E-state index in [9.17, 15) is 4.79 Å². The number of rotatable bonds is 3. The average molecular weight is 337 g/mol. The molecule has 0 radical (unpaired) electrons. The molecule has 1 heterocycles. The van der Waals surface area contributed by atoms with Crippen molar-refractivity contribution in [1.82, 2.24) is 5.43 Å². The first kappa shape index (κ1) is 14.0. The molecule has 0 atom stereocenters. The number of halogens is 1. The fourth-order valence-corrected chi connectivity index (χ4v) is 2.92. The van der Waals surface area contributed by atoms with E-state index in [4.69, 9.17) is 0 Å². The minimum absolute atomic E-state index is 0.187. The molecule has 0 aliphatic rings. The molecule has 0 fully saturated rings. The lowest BCUT2D eigenvalue weighted by Gasteiger charge is -2.04. The smallest absolute Gasteiger partial charge is 0.267 e. The van der Waals surface area contributed by atoms with Gasteiger partial charge in [-0.3, -0.25) is 4.79 Å². The van der Waals surface area contributed by atoms with E-state index in [-0.39, 0.29) is 5.91 Å². The Morgan fingerprint density at radius 2 is 2.00 bits per heavy atom. The molecule has 1 N–H and O–H groups in total. The molecule has 0 saturated heterocycles. The zero-order valence-corrected chi connectivity index (χ0v) is 13.0. The van der Waals surface area contributed by atoms with Crippen molar-refractivity contribution < 1.29 is 4.79 Å². The predicted molar refractivity (Wildman–Crippen MR) is 82.9 cm³/mol. The zero-order valence-electron chi connectivity index (χ0n) is 10.6. The number of aryl methyl sites for hydroxylation is 1. The van der Waals surface area contributed by atoms with Crippen molar-refractivity contribution in [2.45, 2.75) is 13.8 Å². The quantitative estimate of drug-likeness (QED) is 0.668. The number of hydrazone groups is 1. The summed E-state index contributed by atoms with van der Waals surface area (Å²) in [5, 5.41) is 4.13. The molecule has 0 unspecified atom stereocenters. The van der Waals surface area contributed by atoms with Gasteiger partial charge in [-0.1, -0.05) is 18.2 Å². The van der Waals surface area contributed by atoms with Gasteiger partial charge in [0, 0.05) is 5.56 Å². The van der Waals surface area contributed by atoms with Crippen molar-refractivity contribution in [3.63, 3.8) is 0 Å². The van der Waals surface area contributed by atoms with Gasteiger partial charge in [0.05, 0.1) is 14.4 Å². The Hall–Kier alpha value is -1.46. The van der Waals surface area contributed by atoms with Gasteiger partial charge in [0.25, 0.3) is 5.91 Å². The number of hydrogen-bond acceptors (Lipinski definition) is 3. The Kier molecular flexibility index (Phi) is 4.50. The van der Waals surface area contributed by atoms with Crippen LogP contribution in [0.4, 0.5) is 0 Å². The highest BCUT2D eigenvalue weighted by molar-refractivity contribution is 9.11. The van der Waals surface area contributed by atoms with Crippen LogP contribution < -0.4 is 5.43 Å².